The van der Waals surface area contributed by atoms with E-state index in [4.69, 9.17) is 4.74 Å². The first-order valence-electron chi connectivity index (χ1n) is 9.45. The number of esters is 1. The predicted molar refractivity (Wildman–Crippen MR) is 115 cm³/mol. The Kier molecular flexibility index (Phi) is 6.32. The Balaban J connectivity index is 1.90. The number of nitriles is 1. The largest absolute Gasteiger partial charge is 0.427 e. The number of rotatable bonds is 5. The minimum atomic E-state index is -0.692. The van der Waals surface area contributed by atoms with Crippen LogP contribution in [0.4, 0.5) is 10.1 Å². The topological polar surface area (TPSA) is 84.1 Å². The number of aromatic nitrogens is 1. The highest BCUT2D eigenvalue weighted by molar-refractivity contribution is 6.09. The highest BCUT2D eigenvalue weighted by Gasteiger charge is 2.15. The molecule has 0 bridgehead atoms. The van der Waals surface area contributed by atoms with Crippen molar-refractivity contribution < 1.29 is 18.7 Å². The summed E-state index contributed by atoms with van der Waals surface area (Å²) in [6.45, 7) is 5.10. The first-order valence-corrected chi connectivity index (χ1v) is 9.45. The molecule has 0 aliphatic heterocycles. The summed E-state index contributed by atoms with van der Waals surface area (Å²) >= 11 is 0. The fourth-order valence-electron chi connectivity index (χ4n) is 3.22. The Hall–Kier alpha value is -4.18. The normalized spacial score (nSPS) is 11.0. The van der Waals surface area contributed by atoms with Crippen LogP contribution in [0.5, 0.6) is 5.75 Å². The Morgan fingerprint density at radius 3 is 2.42 bits per heavy atom. The van der Waals surface area contributed by atoms with Gasteiger partial charge >= 0.3 is 5.97 Å². The second kappa shape index (κ2) is 9.09. The molecule has 0 saturated carbocycles. The maximum atomic E-state index is 13.8. The molecular weight excluding hydrogens is 397 g/mol. The second-order valence-electron chi connectivity index (χ2n) is 6.85. The van der Waals surface area contributed by atoms with Crippen molar-refractivity contribution in [1.29, 1.82) is 5.26 Å². The van der Waals surface area contributed by atoms with Crippen molar-refractivity contribution in [2.24, 2.45) is 0 Å². The number of anilines is 1. The third-order valence-corrected chi connectivity index (χ3v) is 4.61. The van der Waals surface area contributed by atoms with Crippen LogP contribution in [-0.2, 0) is 9.59 Å². The Morgan fingerprint density at radius 2 is 1.81 bits per heavy atom. The van der Waals surface area contributed by atoms with Gasteiger partial charge in [-0.15, -0.1) is 0 Å². The molecule has 3 rings (SSSR count). The Labute approximate surface area is 179 Å². The van der Waals surface area contributed by atoms with Crippen LogP contribution in [0.25, 0.3) is 11.8 Å². The van der Waals surface area contributed by atoms with E-state index in [-0.39, 0.29) is 11.3 Å². The first-order chi connectivity index (χ1) is 14.8. The average Bonchev–Trinajstić information content (AvgIpc) is 3.01. The number of halogens is 1. The second-order valence-corrected chi connectivity index (χ2v) is 6.85. The molecule has 1 amide bonds. The van der Waals surface area contributed by atoms with E-state index in [0.717, 1.165) is 17.1 Å². The zero-order chi connectivity index (χ0) is 22.5. The molecule has 7 heteroatoms. The molecule has 0 saturated heterocycles. The molecule has 6 nitrogen and oxygen atoms in total. The molecule has 1 heterocycles. The lowest BCUT2D eigenvalue weighted by Crippen LogP contribution is -2.14. The molecule has 31 heavy (non-hydrogen) atoms. The molecule has 3 aromatic rings. The standard InChI is InChI=1S/C24H20FN3O3/c1-15-12-18(13-19(14-26)24(30)27-23-7-5-4-6-22(23)25)16(2)28(15)20-8-10-21(11-9-20)31-17(3)29/h4-13H,1-3H3,(H,27,30)/b19-13-. The number of ether oxygens (including phenoxy) is 1. The third kappa shape index (κ3) is 4.87. The van der Waals surface area contributed by atoms with E-state index < -0.39 is 17.7 Å². The van der Waals surface area contributed by atoms with Gasteiger partial charge in [0.1, 0.15) is 23.2 Å². The molecule has 0 fully saturated rings. The summed E-state index contributed by atoms with van der Waals surface area (Å²) in [4.78, 5) is 23.6. The van der Waals surface area contributed by atoms with Crippen LogP contribution in [-0.4, -0.2) is 16.4 Å². The third-order valence-electron chi connectivity index (χ3n) is 4.61. The van der Waals surface area contributed by atoms with Crippen LogP contribution < -0.4 is 10.1 Å². The smallest absolute Gasteiger partial charge is 0.308 e. The van der Waals surface area contributed by atoms with Gasteiger partial charge < -0.3 is 14.6 Å². The molecule has 2 aromatic carbocycles. The Bertz CT molecular complexity index is 1220. The van der Waals surface area contributed by atoms with Crippen molar-refractivity contribution in [3.8, 4) is 17.5 Å². The molecule has 0 atom stereocenters. The summed E-state index contributed by atoms with van der Waals surface area (Å²) in [5.74, 6) is -1.23. The summed E-state index contributed by atoms with van der Waals surface area (Å²) < 4.78 is 20.8. The van der Waals surface area contributed by atoms with Gasteiger partial charge in [-0.1, -0.05) is 12.1 Å². The molecule has 0 aliphatic carbocycles. The van der Waals surface area contributed by atoms with Gasteiger partial charge in [-0.2, -0.15) is 5.26 Å². The van der Waals surface area contributed by atoms with Crippen molar-refractivity contribution in [3.05, 3.63) is 82.9 Å². The lowest BCUT2D eigenvalue weighted by molar-refractivity contribution is -0.131. The van der Waals surface area contributed by atoms with Gasteiger partial charge in [-0.05, 0) is 68.0 Å². The number of amides is 1. The van der Waals surface area contributed by atoms with Crippen molar-refractivity contribution in [2.45, 2.75) is 20.8 Å². The fraction of sp³-hybridized carbons (Fsp3) is 0.125. The first kappa shape index (κ1) is 21.5. The number of nitrogens with one attached hydrogen (secondary N) is 1. The predicted octanol–water partition coefficient (Wildman–Crippen LogP) is 4.70. The molecular formula is C24H20FN3O3. The van der Waals surface area contributed by atoms with E-state index in [1.54, 1.807) is 18.2 Å². The molecule has 156 valence electrons. The van der Waals surface area contributed by atoms with Crippen molar-refractivity contribution in [3.63, 3.8) is 0 Å². The van der Waals surface area contributed by atoms with Gasteiger partial charge in [0.15, 0.2) is 0 Å². The van der Waals surface area contributed by atoms with E-state index in [1.165, 1.54) is 31.2 Å². The lowest BCUT2D eigenvalue weighted by atomic mass is 10.1. The number of nitrogens with zero attached hydrogens (tertiary/aromatic N) is 2. The maximum Gasteiger partial charge on any atom is 0.308 e. The number of benzene rings is 2. The summed E-state index contributed by atoms with van der Waals surface area (Å²) in [6.07, 6.45) is 1.47. The van der Waals surface area contributed by atoms with Crippen molar-refractivity contribution in [1.82, 2.24) is 4.57 Å². The van der Waals surface area contributed by atoms with Gasteiger partial charge in [0.2, 0.25) is 0 Å². The number of hydrogen-bond donors (Lipinski definition) is 1. The van der Waals surface area contributed by atoms with E-state index in [9.17, 15) is 19.2 Å². The minimum Gasteiger partial charge on any atom is -0.427 e. The van der Waals surface area contributed by atoms with Crippen LogP contribution >= 0.6 is 0 Å². The molecule has 1 N–H and O–H groups in total. The number of para-hydroxylation sites is 1. The van der Waals surface area contributed by atoms with Crippen LogP contribution in [0, 0.1) is 31.0 Å². The minimum absolute atomic E-state index is 0.00647. The van der Waals surface area contributed by atoms with Gasteiger partial charge in [-0.25, -0.2) is 4.39 Å². The molecule has 1 aromatic heterocycles. The van der Waals surface area contributed by atoms with Gasteiger partial charge in [-0.3, -0.25) is 9.59 Å². The summed E-state index contributed by atoms with van der Waals surface area (Å²) in [5.41, 5.74) is 3.07. The lowest BCUT2D eigenvalue weighted by Gasteiger charge is -2.10. The van der Waals surface area contributed by atoms with Crippen molar-refractivity contribution in [2.75, 3.05) is 5.32 Å². The highest BCUT2D eigenvalue weighted by atomic mass is 19.1. The zero-order valence-electron chi connectivity index (χ0n) is 17.3. The monoisotopic (exact) mass is 417 g/mol. The summed E-state index contributed by atoms with van der Waals surface area (Å²) in [6, 6.07) is 16.5. The zero-order valence-corrected chi connectivity index (χ0v) is 17.3. The molecule has 0 spiro atoms. The fourth-order valence-corrected chi connectivity index (χ4v) is 3.22. The molecule has 0 unspecified atom stereocenters. The highest BCUT2D eigenvalue weighted by Crippen LogP contribution is 2.25. The van der Waals surface area contributed by atoms with E-state index in [0.29, 0.717) is 11.3 Å². The van der Waals surface area contributed by atoms with Crippen LogP contribution in [0.3, 0.4) is 0 Å². The SMILES string of the molecule is CC(=O)Oc1ccc(-n2c(C)cc(/C=C(/C#N)C(=O)Nc3ccccc3F)c2C)cc1. The quantitative estimate of drug-likeness (QED) is 0.282. The van der Waals surface area contributed by atoms with Gasteiger partial charge in [0.05, 0.1) is 5.69 Å². The van der Waals surface area contributed by atoms with Crippen LogP contribution in [0.1, 0.15) is 23.9 Å². The van der Waals surface area contributed by atoms with E-state index in [1.807, 2.05) is 42.7 Å². The van der Waals surface area contributed by atoms with Gasteiger partial charge in [0.25, 0.3) is 5.91 Å². The molecule has 0 radical (unpaired) electrons. The van der Waals surface area contributed by atoms with E-state index in [2.05, 4.69) is 5.32 Å². The number of aryl methyl sites for hydroxylation is 1. The molecule has 0 aliphatic rings. The van der Waals surface area contributed by atoms with Crippen LogP contribution in [0.2, 0.25) is 0 Å². The van der Waals surface area contributed by atoms with Gasteiger partial charge in [0, 0.05) is 24.0 Å². The maximum absolute atomic E-state index is 13.8. The average molecular weight is 417 g/mol. The van der Waals surface area contributed by atoms with Crippen LogP contribution in [0.15, 0.2) is 60.2 Å². The number of carbonyl (C=O) groups is 2. The number of carbonyl (C=O) groups excluding carboxylic acids is 2. The number of hydrogen-bond acceptors (Lipinski definition) is 4. The van der Waals surface area contributed by atoms with Crippen molar-refractivity contribution >= 4 is 23.6 Å². The van der Waals surface area contributed by atoms with E-state index >= 15 is 0 Å². The summed E-state index contributed by atoms with van der Waals surface area (Å²) in [7, 11) is 0. The Morgan fingerprint density at radius 1 is 1.13 bits per heavy atom. The summed E-state index contributed by atoms with van der Waals surface area (Å²) in [5, 5.41) is 11.9.